The number of fused-ring (bicyclic) bond motifs is 2. The van der Waals surface area contributed by atoms with Gasteiger partial charge in [0.05, 0.1) is 29.8 Å². The average molecular weight is 1770 g/mol. The Morgan fingerprint density at radius 2 is 1.02 bits per heavy atom. The van der Waals surface area contributed by atoms with Crippen molar-refractivity contribution in [2.75, 3.05) is 25.2 Å². The van der Waals surface area contributed by atoms with Crippen molar-refractivity contribution in [3.05, 3.63) is 274 Å². The maximum Gasteiger partial charge on any atom is 0.329 e. The topological polar surface area (TPSA) is 439 Å². The fraction of sp³-hybridized carbons (Fsp3) is 0.365. The Labute approximate surface area is 745 Å². The highest BCUT2D eigenvalue weighted by atomic mass is 32.2. The number of carboxylic acids is 1. The van der Waals surface area contributed by atoms with Crippen LogP contribution in [0.25, 0.3) is 10.9 Å². The van der Waals surface area contributed by atoms with Gasteiger partial charge in [0.25, 0.3) is 10.0 Å². The second-order valence-electron chi connectivity index (χ2n) is 33.3. The van der Waals surface area contributed by atoms with E-state index in [1.165, 1.54) is 6.92 Å². The molecular formula is C96H115N13O16S2. The number of rotatable bonds is 42. The lowest BCUT2D eigenvalue weighted by Gasteiger charge is -2.37. The van der Waals surface area contributed by atoms with Crippen LogP contribution in [0.3, 0.4) is 0 Å². The maximum absolute atomic E-state index is 15.7. The minimum Gasteiger partial charge on any atom is -0.487 e. The normalized spacial score (nSPS) is 14.4. The van der Waals surface area contributed by atoms with Crippen molar-refractivity contribution in [2.24, 2.45) is 5.73 Å². The van der Waals surface area contributed by atoms with Gasteiger partial charge in [0.15, 0.2) is 0 Å². The highest BCUT2D eigenvalue weighted by molar-refractivity contribution is 7.99. The van der Waals surface area contributed by atoms with Gasteiger partial charge in [-0.25, -0.2) is 22.7 Å². The Morgan fingerprint density at radius 3 is 1.50 bits per heavy atom. The summed E-state index contributed by atoms with van der Waals surface area (Å²) in [6.45, 7) is 16.9. The molecule has 0 aliphatic carbocycles. The number of nitrogens with two attached hydrogens (primary N) is 1. The van der Waals surface area contributed by atoms with Gasteiger partial charge in [-0.3, -0.25) is 43.8 Å². The van der Waals surface area contributed by atoms with E-state index in [1.807, 2.05) is 202 Å². The van der Waals surface area contributed by atoms with E-state index in [0.717, 1.165) is 41.1 Å². The maximum atomic E-state index is 15.7. The molecule has 8 atom stereocenters. The molecule has 0 radical (unpaired) electrons. The van der Waals surface area contributed by atoms with E-state index in [0.29, 0.717) is 62.0 Å². The molecule has 0 spiro atoms. The van der Waals surface area contributed by atoms with E-state index >= 15 is 19.2 Å². The number of carbonyl (C=O) groups excluding carboxylic acids is 9. The second-order valence-corrected chi connectivity index (χ2v) is 36.1. The first-order chi connectivity index (χ1) is 60.4. The molecule has 0 saturated carbocycles. The number of thioether (sulfide) groups is 1. The third-order valence-electron chi connectivity index (χ3n) is 22.2. The molecule has 1 aromatic heterocycles. The molecule has 0 unspecified atom stereocenters. The number of aliphatic carboxylic acids is 1. The van der Waals surface area contributed by atoms with Crippen LogP contribution in [-0.4, -0.2) is 168 Å². The highest BCUT2D eigenvalue weighted by Gasteiger charge is 2.43. The predicted octanol–water partition coefficient (Wildman–Crippen LogP) is 9.25. The van der Waals surface area contributed by atoms with Crippen LogP contribution in [-0.2, 0) is 91.4 Å². The van der Waals surface area contributed by atoms with Gasteiger partial charge in [0.1, 0.15) is 58.7 Å². The number of aromatic amines is 1. The summed E-state index contributed by atoms with van der Waals surface area (Å²) in [5.41, 5.74) is 10.7. The SMILES string of the molecule is COC(=O)[C@H](CSCC[C@H](NC(=O)[C@@H](CCCNC(=N)NS(=O)(=O)c1c(C)c(C)c2c(c1C)CC(C)(C)O2)NC(C)=O)C(=O)O)NC(=O)[C@H](CCC(=O)NC(c1ccccc1)(c1ccccc1)c1ccccc1)NC(=O)[C@H](Cc1c[nH]c2ccccc12)NC(=O)[C@@H](NC(=O)[C@@H](N)CCC(=O)NC(c1ccccc1)(c1ccccc1)c1ccccc1)[C@@H](C)OC(C)(C)C. The predicted molar refractivity (Wildman–Crippen MR) is 487 cm³/mol. The van der Waals surface area contributed by atoms with Gasteiger partial charge in [0, 0.05) is 67.6 Å². The summed E-state index contributed by atoms with van der Waals surface area (Å²) < 4.78 is 47.8. The summed E-state index contributed by atoms with van der Waals surface area (Å²) in [5, 5.41) is 45.1. The zero-order chi connectivity index (χ0) is 92.0. The summed E-state index contributed by atoms with van der Waals surface area (Å²) in [5.74, 6) is -8.93. The van der Waals surface area contributed by atoms with Crippen molar-refractivity contribution in [2.45, 2.75) is 203 Å². The zero-order valence-electron chi connectivity index (χ0n) is 73.3. The van der Waals surface area contributed by atoms with E-state index in [4.69, 9.17) is 25.4 Å². The number of nitrogens with one attached hydrogen (secondary N) is 12. The molecule has 8 amide bonds. The first-order valence-electron chi connectivity index (χ1n) is 42.2. The van der Waals surface area contributed by atoms with Crippen molar-refractivity contribution >= 4 is 97.8 Å². The van der Waals surface area contributed by atoms with Crippen LogP contribution in [0, 0.1) is 26.2 Å². The second kappa shape index (κ2) is 43.5. The van der Waals surface area contributed by atoms with E-state index in [9.17, 15) is 42.3 Å². The van der Waals surface area contributed by atoms with Crippen LogP contribution >= 0.6 is 11.8 Å². The fourth-order valence-corrected chi connectivity index (χ4v) is 18.6. The molecule has 0 saturated heterocycles. The molecule has 1 aliphatic rings. The van der Waals surface area contributed by atoms with Crippen LogP contribution in [0.4, 0.5) is 0 Å². The van der Waals surface area contributed by atoms with Crippen LogP contribution in [0.1, 0.15) is 155 Å². The van der Waals surface area contributed by atoms with Crippen LogP contribution in [0.2, 0.25) is 0 Å². The van der Waals surface area contributed by atoms with Crippen LogP contribution in [0.5, 0.6) is 5.75 Å². The van der Waals surface area contributed by atoms with Gasteiger partial charge in [-0.15, -0.1) is 0 Å². The monoisotopic (exact) mass is 1770 g/mol. The number of hydrogen-bond donors (Lipinski definition) is 14. The van der Waals surface area contributed by atoms with Gasteiger partial charge < -0.3 is 77.9 Å². The molecule has 15 N–H and O–H groups in total. The van der Waals surface area contributed by atoms with Crippen LogP contribution in [0.15, 0.2) is 217 Å². The number of carbonyl (C=O) groups is 10. The number of H-pyrrole nitrogens is 1. The number of amides is 8. The Hall–Kier alpha value is -12.7. The fourth-order valence-electron chi connectivity index (χ4n) is 16.0. The molecule has 672 valence electrons. The van der Waals surface area contributed by atoms with E-state index in [2.05, 4.69) is 57.6 Å². The number of sulfonamides is 1. The first-order valence-corrected chi connectivity index (χ1v) is 44.9. The smallest absolute Gasteiger partial charge is 0.329 e. The molecule has 0 bridgehead atoms. The molecule has 0 fully saturated rings. The summed E-state index contributed by atoms with van der Waals surface area (Å²) in [7, 11) is -3.21. The molecule has 29 nitrogen and oxygen atoms in total. The standard InChI is InChI=1S/C96H115N13O16S2/c1-59-60(2)84(61(3)72-56-94(9,10)125-83(59)72)127(121,122)109-92(98)99-53-32-47-75(101-63(5)110)86(114)103-77(90(118)119)52-54-126-58-79(91(120)123-11)105-87(115)76(49-51-81(112)108-96(68-39-24-15-25-40-68,69-41-26-16-27-42-69)70-43-28-17-29-44-70)102-88(116)78(55-64-57-100-74-46-31-30-45-71(64)74)104-89(117)82(62(4)124-93(6,7)8)106-85(113)73(97)48-50-80(111)107-95(65-33-18-12-19-34-65,66-35-20-13-21-36-66)67-37-22-14-23-38-67/h12-31,33-46,57,62,73,75-79,82,100H,32,47-56,58,97H2,1-11H3,(H,101,110)(H,102,116)(H,103,114)(H,104,117)(H,105,115)(H,106,113)(H,107,111)(H,108,112)(H,118,119)(H3,98,99,109)/t62-,73+,75-,76+,77+,78+,79+,82+/m1/s1. The van der Waals surface area contributed by atoms with Gasteiger partial charge in [0.2, 0.25) is 53.2 Å². The molecule has 9 aromatic rings. The van der Waals surface area contributed by atoms with Crippen molar-refractivity contribution in [3.8, 4) is 5.75 Å². The highest BCUT2D eigenvalue weighted by Crippen LogP contribution is 2.45. The summed E-state index contributed by atoms with van der Waals surface area (Å²) in [6, 6.07) is 52.7. The number of esters is 1. The van der Waals surface area contributed by atoms with Crippen molar-refractivity contribution < 1.29 is 75.7 Å². The zero-order valence-corrected chi connectivity index (χ0v) is 74.9. The number of benzene rings is 8. The Bertz CT molecular complexity index is 5300. The van der Waals surface area contributed by atoms with Crippen molar-refractivity contribution in [1.82, 2.24) is 57.6 Å². The summed E-state index contributed by atoms with van der Waals surface area (Å²) in [4.78, 5) is 148. The third kappa shape index (κ3) is 24.9. The molecular weight excluding hydrogens is 1660 g/mol. The number of methoxy groups -OCH3 is 1. The lowest BCUT2D eigenvalue weighted by molar-refractivity contribution is -0.145. The molecule has 127 heavy (non-hydrogen) atoms. The van der Waals surface area contributed by atoms with Gasteiger partial charge in [-0.05, 0) is 162 Å². The molecule has 10 rings (SSSR count). The summed E-state index contributed by atoms with van der Waals surface area (Å²) in [6.07, 6.45) is -0.855. The molecule has 1 aliphatic heterocycles. The minimum atomic E-state index is -4.29. The quantitative estimate of drug-likeness (QED) is 0.00557. The van der Waals surface area contributed by atoms with Gasteiger partial charge in [-0.2, -0.15) is 11.8 Å². The van der Waals surface area contributed by atoms with E-state index < -0.39 is 159 Å². The van der Waals surface area contributed by atoms with Gasteiger partial charge in [-0.1, -0.05) is 200 Å². The van der Waals surface area contributed by atoms with E-state index in [-0.39, 0.29) is 61.5 Å². The van der Waals surface area contributed by atoms with Crippen molar-refractivity contribution in [3.63, 3.8) is 0 Å². The molecule has 2 heterocycles. The number of para-hydroxylation sites is 1. The Morgan fingerprint density at radius 1 is 0.567 bits per heavy atom. The number of hydrogen-bond acceptors (Lipinski definition) is 18. The first kappa shape index (κ1) is 96.5. The largest absolute Gasteiger partial charge is 0.487 e. The van der Waals surface area contributed by atoms with Crippen molar-refractivity contribution in [1.29, 1.82) is 5.41 Å². The summed E-state index contributed by atoms with van der Waals surface area (Å²) >= 11 is 0.993. The molecule has 8 aromatic carbocycles. The Balaban J connectivity index is 0.872. The number of aromatic nitrogens is 1. The minimum absolute atomic E-state index is 0.0260. The number of carboxylic acid groups (broad SMARTS) is 1. The van der Waals surface area contributed by atoms with E-state index in [1.54, 1.807) is 72.9 Å². The lowest BCUT2D eigenvalue weighted by Crippen LogP contribution is -2.61. The van der Waals surface area contributed by atoms with Crippen LogP contribution < -0.4 is 63.0 Å². The number of ether oxygens (including phenoxy) is 3. The Kier molecular flexibility index (Phi) is 33.0. The lowest BCUT2D eigenvalue weighted by atomic mass is 9.77. The molecule has 31 heteroatoms. The van der Waals surface area contributed by atoms with Gasteiger partial charge >= 0.3 is 11.9 Å². The average Bonchev–Trinajstić information content (AvgIpc) is 1.52. The number of guanidine groups is 1. The third-order valence-corrected chi connectivity index (χ3v) is 25.0.